The summed E-state index contributed by atoms with van der Waals surface area (Å²) in [4.78, 5) is 3.16. The molecule has 7 aromatic carbocycles. The molecule has 0 saturated heterocycles. The fourth-order valence-electron chi connectivity index (χ4n) is 7.30. The average molecular weight is 693 g/mol. The van der Waals surface area contributed by atoms with Crippen LogP contribution in [-0.4, -0.2) is 0 Å². The second kappa shape index (κ2) is 14.8. The Morgan fingerprint density at radius 2 is 1.33 bits per heavy atom. The molecule has 0 aliphatic heterocycles. The predicted molar refractivity (Wildman–Crippen MR) is 230 cm³/mol. The van der Waals surface area contributed by atoms with Gasteiger partial charge < -0.3 is 10.6 Å². The van der Waals surface area contributed by atoms with Gasteiger partial charge in [-0.2, -0.15) is 0 Å². The third-order valence-electron chi connectivity index (χ3n) is 10.0. The van der Waals surface area contributed by atoms with E-state index < -0.39 is 0 Å². The van der Waals surface area contributed by atoms with Gasteiger partial charge in [-0.05, 0) is 99.8 Å². The van der Waals surface area contributed by atoms with Gasteiger partial charge in [-0.15, -0.1) is 12.6 Å². The maximum atomic E-state index is 6.55. The molecular weight excluding hydrogens is 649 g/mol. The van der Waals surface area contributed by atoms with E-state index in [2.05, 4.69) is 178 Å². The van der Waals surface area contributed by atoms with E-state index in [1.807, 2.05) is 30.3 Å². The van der Waals surface area contributed by atoms with Gasteiger partial charge in [0.05, 0.1) is 5.69 Å². The molecule has 0 saturated carbocycles. The number of allylic oxidation sites excluding steroid dienone is 4. The van der Waals surface area contributed by atoms with Crippen molar-refractivity contribution in [1.29, 1.82) is 0 Å². The fourth-order valence-corrected chi connectivity index (χ4v) is 7.49. The zero-order chi connectivity index (χ0) is 36.2. The number of nitrogen functional groups attached to an aromatic ring is 1. The van der Waals surface area contributed by atoms with Crippen molar-refractivity contribution in [3.05, 3.63) is 193 Å². The maximum Gasteiger partial charge on any atom is 0.0535 e. The lowest BCUT2D eigenvalue weighted by molar-refractivity contribution is 0.660. The minimum absolute atomic E-state index is 0.0906. The number of nitrogens with two attached hydrogens (primary N) is 1. The summed E-state index contributed by atoms with van der Waals surface area (Å²) < 4.78 is 0. The van der Waals surface area contributed by atoms with Gasteiger partial charge in [0, 0.05) is 32.8 Å². The molecular formula is C49H44N2S. The molecule has 0 radical (unpaired) electrons. The molecule has 1 aliphatic carbocycles. The Morgan fingerprint density at radius 1 is 0.673 bits per heavy atom. The van der Waals surface area contributed by atoms with Crippen LogP contribution in [0.3, 0.4) is 0 Å². The number of anilines is 4. The van der Waals surface area contributed by atoms with Crippen LogP contribution in [0.25, 0.3) is 38.7 Å². The van der Waals surface area contributed by atoms with Gasteiger partial charge in [-0.1, -0.05) is 153 Å². The van der Waals surface area contributed by atoms with Crippen molar-refractivity contribution in [2.45, 2.75) is 37.5 Å². The number of benzene rings is 7. The van der Waals surface area contributed by atoms with Gasteiger partial charge in [0.15, 0.2) is 0 Å². The molecule has 2 nitrogen and oxygen atoms in total. The zero-order valence-electron chi connectivity index (χ0n) is 30.1. The van der Waals surface area contributed by atoms with E-state index in [1.54, 1.807) is 6.08 Å². The van der Waals surface area contributed by atoms with Crippen molar-refractivity contribution in [2.24, 2.45) is 0 Å². The molecule has 7 aromatic rings. The standard InChI is InChI=1S/C42H36N2S.C7H8/c1-4-5-6-7-8-11-28-14-19-31(20-15-28)44(33-22-24-36-35-12-9-10-13-37(35)42(2,3)38(36)27-33)32-21-23-34-30(26-32)17-16-29-18-25-39(45)41(43)40(29)34;1-7-5-3-2-4-6-7/h4-6,8-27,45H,1,7,43H2,2-3H3;2-6H,1H3/b6-5-,11-8?;. The highest BCUT2D eigenvalue weighted by Crippen LogP contribution is 2.50. The van der Waals surface area contributed by atoms with E-state index >= 15 is 0 Å². The highest BCUT2D eigenvalue weighted by Gasteiger charge is 2.35. The molecule has 0 spiro atoms. The Labute approximate surface area is 313 Å². The van der Waals surface area contributed by atoms with E-state index in [0.29, 0.717) is 0 Å². The van der Waals surface area contributed by atoms with E-state index in [4.69, 9.17) is 5.73 Å². The van der Waals surface area contributed by atoms with E-state index in [-0.39, 0.29) is 5.41 Å². The molecule has 3 heteroatoms. The van der Waals surface area contributed by atoms with Crippen molar-refractivity contribution in [1.82, 2.24) is 0 Å². The second-order valence-corrected chi connectivity index (χ2v) is 14.3. The van der Waals surface area contributed by atoms with Crippen LogP contribution in [0.2, 0.25) is 0 Å². The molecule has 0 heterocycles. The first-order chi connectivity index (χ1) is 25.3. The van der Waals surface area contributed by atoms with Crippen LogP contribution >= 0.6 is 12.6 Å². The number of rotatable bonds is 7. The summed E-state index contributed by atoms with van der Waals surface area (Å²) >= 11 is 4.61. The van der Waals surface area contributed by atoms with E-state index in [9.17, 15) is 0 Å². The highest BCUT2D eigenvalue weighted by molar-refractivity contribution is 7.80. The zero-order valence-corrected chi connectivity index (χ0v) is 30.9. The van der Waals surface area contributed by atoms with Gasteiger partial charge in [0.25, 0.3) is 0 Å². The molecule has 0 fully saturated rings. The fraction of sp³-hybridized carbons (Fsp3) is 0.102. The number of hydrogen-bond acceptors (Lipinski definition) is 3. The normalized spacial score (nSPS) is 12.8. The molecule has 2 N–H and O–H groups in total. The number of fused-ring (bicyclic) bond motifs is 6. The van der Waals surface area contributed by atoms with E-state index in [0.717, 1.165) is 55.6 Å². The Bertz CT molecular complexity index is 2450. The summed E-state index contributed by atoms with van der Waals surface area (Å²) in [6, 6.07) is 49.8. The van der Waals surface area contributed by atoms with Gasteiger partial charge in [-0.3, -0.25) is 0 Å². The summed E-state index contributed by atoms with van der Waals surface area (Å²) in [7, 11) is 0. The number of nitrogens with zero attached hydrogens (tertiary/aromatic N) is 1. The van der Waals surface area contributed by atoms with Crippen LogP contribution in [0, 0.1) is 6.92 Å². The third-order valence-corrected chi connectivity index (χ3v) is 10.4. The Morgan fingerprint density at radius 3 is 2.08 bits per heavy atom. The molecule has 0 amide bonds. The van der Waals surface area contributed by atoms with Crippen molar-refractivity contribution in [2.75, 3.05) is 10.6 Å². The summed E-state index contributed by atoms with van der Waals surface area (Å²) in [5, 5.41) is 4.43. The number of hydrogen-bond donors (Lipinski definition) is 2. The Kier molecular flexibility index (Phi) is 9.89. The summed E-state index contributed by atoms with van der Waals surface area (Å²) in [6.07, 6.45) is 11.1. The molecule has 1 aliphatic rings. The molecule has 0 unspecified atom stereocenters. The summed E-state index contributed by atoms with van der Waals surface area (Å²) in [6.45, 7) is 10.5. The third kappa shape index (κ3) is 6.80. The summed E-state index contributed by atoms with van der Waals surface area (Å²) in [5.74, 6) is 0. The van der Waals surface area contributed by atoms with Crippen molar-refractivity contribution in [3.63, 3.8) is 0 Å². The lowest BCUT2D eigenvalue weighted by atomic mass is 9.82. The van der Waals surface area contributed by atoms with Crippen LogP contribution in [-0.2, 0) is 5.41 Å². The largest absolute Gasteiger partial charge is 0.397 e. The maximum absolute atomic E-state index is 6.55. The second-order valence-electron chi connectivity index (χ2n) is 13.9. The lowest BCUT2D eigenvalue weighted by Gasteiger charge is -2.28. The van der Waals surface area contributed by atoms with E-state index in [1.165, 1.54) is 33.4 Å². The smallest absolute Gasteiger partial charge is 0.0535 e. The molecule has 256 valence electrons. The van der Waals surface area contributed by atoms with Crippen molar-refractivity contribution < 1.29 is 0 Å². The first-order valence-corrected chi connectivity index (χ1v) is 18.3. The minimum atomic E-state index is -0.0906. The van der Waals surface area contributed by atoms with Gasteiger partial charge in [-0.25, -0.2) is 0 Å². The van der Waals surface area contributed by atoms with Crippen LogP contribution in [0.4, 0.5) is 22.7 Å². The van der Waals surface area contributed by atoms with Crippen LogP contribution in [0.15, 0.2) is 175 Å². The number of aryl methyl sites for hydroxylation is 1. The van der Waals surface area contributed by atoms with Crippen LogP contribution < -0.4 is 10.6 Å². The predicted octanol–water partition coefficient (Wildman–Crippen LogP) is 13.8. The topological polar surface area (TPSA) is 29.3 Å². The van der Waals surface area contributed by atoms with Crippen LogP contribution in [0.1, 0.15) is 42.5 Å². The highest BCUT2D eigenvalue weighted by atomic mass is 32.1. The number of thiol groups is 1. The summed E-state index contributed by atoms with van der Waals surface area (Å²) in [5.41, 5.74) is 18.4. The monoisotopic (exact) mass is 692 g/mol. The van der Waals surface area contributed by atoms with Gasteiger partial charge >= 0.3 is 0 Å². The first-order valence-electron chi connectivity index (χ1n) is 17.8. The van der Waals surface area contributed by atoms with Crippen molar-refractivity contribution in [3.8, 4) is 11.1 Å². The van der Waals surface area contributed by atoms with Crippen LogP contribution in [0.5, 0.6) is 0 Å². The lowest BCUT2D eigenvalue weighted by Crippen LogP contribution is -2.16. The van der Waals surface area contributed by atoms with Gasteiger partial charge in [0.2, 0.25) is 0 Å². The van der Waals surface area contributed by atoms with Gasteiger partial charge in [0.1, 0.15) is 0 Å². The Hall–Kier alpha value is -5.77. The minimum Gasteiger partial charge on any atom is -0.397 e. The SMILES string of the molecule is C=C/C=C\CC=Cc1ccc(N(c2ccc3c(c2)C(C)(C)c2ccccc2-3)c2ccc3c(ccc4ccc(S)c(N)c43)c2)cc1.Cc1ccccc1. The molecule has 0 aromatic heterocycles. The Balaban J connectivity index is 0.000000539. The average Bonchev–Trinajstić information content (AvgIpc) is 3.39. The first kappa shape index (κ1) is 34.7. The molecule has 8 rings (SSSR count). The quantitative estimate of drug-likeness (QED) is 0.0753. The molecule has 52 heavy (non-hydrogen) atoms. The molecule has 0 bridgehead atoms. The molecule has 0 atom stereocenters. The van der Waals surface area contributed by atoms with Crippen molar-refractivity contribution >= 4 is 63.0 Å².